The van der Waals surface area contributed by atoms with Crippen LogP contribution in [0.15, 0.2) is 24.3 Å². The zero-order valence-electron chi connectivity index (χ0n) is 13.3. The fourth-order valence-electron chi connectivity index (χ4n) is 1.76. The molecule has 0 heterocycles. The second kappa shape index (κ2) is 8.48. The van der Waals surface area contributed by atoms with Crippen molar-refractivity contribution in [1.29, 1.82) is 0 Å². The summed E-state index contributed by atoms with van der Waals surface area (Å²) in [6, 6.07) is 8.11. The van der Waals surface area contributed by atoms with Crippen molar-refractivity contribution in [2.24, 2.45) is 0 Å². The van der Waals surface area contributed by atoms with E-state index in [2.05, 4.69) is 19.2 Å². The van der Waals surface area contributed by atoms with Gasteiger partial charge in [-0.1, -0.05) is 38.1 Å². The molecule has 0 radical (unpaired) electrons. The molecule has 1 aromatic rings. The van der Waals surface area contributed by atoms with E-state index < -0.39 is 10.0 Å². The Morgan fingerprint density at radius 2 is 1.76 bits per heavy atom. The highest BCUT2D eigenvalue weighted by atomic mass is 32.2. The first-order chi connectivity index (χ1) is 9.85. The van der Waals surface area contributed by atoms with Crippen LogP contribution >= 0.6 is 0 Å². The second-order valence-corrected chi connectivity index (χ2v) is 7.50. The fourth-order valence-corrected chi connectivity index (χ4v) is 2.94. The first-order valence-electron chi connectivity index (χ1n) is 7.09. The Hall–Kier alpha value is -0.950. The van der Waals surface area contributed by atoms with Crippen molar-refractivity contribution < 1.29 is 13.2 Å². The standard InChI is InChI=1S/C15H26N2O3S/c1-13(2)16-11-14-5-7-15(8-6-14)12-21(18,19)17(3)9-10-20-4/h5-8,13,16H,9-12H2,1-4H3. The summed E-state index contributed by atoms with van der Waals surface area (Å²) in [6.07, 6.45) is 0. The molecule has 0 bridgehead atoms. The lowest BCUT2D eigenvalue weighted by atomic mass is 10.1. The van der Waals surface area contributed by atoms with Gasteiger partial charge in [0.25, 0.3) is 0 Å². The maximum atomic E-state index is 12.2. The highest BCUT2D eigenvalue weighted by Crippen LogP contribution is 2.11. The van der Waals surface area contributed by atoms with Crippen molar-refractivity contribution in [2.75, 3.05) is 27.3 Å². The highest BCUT2D eigenvalue weighted by Gasteiger charge is 2.17. The van der Waals surface area contributed by atoms with Gasteiger partial charge < -0.3 is 10.1 Å². The summed E-state index contributed by atoms with van der Waals surface area (Å²) in [5.74, 6) is 0.0190. The van der Waals surface area contributed by atoms with E-state index in [1.165, 1.54) is 4.31 Å². The summed E-state index contributed by atoms with van der Waals surface area (Å²) in [5.41, 5.74) is 1.95. The van der Waals surface area contributed by atoms with Crippen LogP contribution in [0.4, 0.5) is 0 Å². The molecule has 0 saturated heterocycles. The Kier molecular flexibility index (Phi) is 7.31. The van der Waals surface area contributed by atoms with E-state index in [9.17, 15) is 8.42 Å². The number of nitrogens with one attached hydrogen (secondary N) is 1. The number of methoxy groups -OCH3 is 1. The van der Waals surface area contributed by atoms with Crippen LogP contribution in [0.2, 0.25) is 0 Å². The molecule has 0 unspecified atom stereocenters. The van der Waals surface area contributed by atoms with Gasteiger partial charge in [0.15, 0.2) is 0 Å². The minimum absolute atomic E-state index is 0.0190. The van der Waals surface area contributed by atoms with Crippen molar-refractivity contribution in [3.8, 4) is 0 Å². The Morgan fingerprint density at radius 3 is 2.29 bits per heavy atom. The molecule has 1 rings (SSSR count). The van der Waals surface area contributed by atoms with Crippen molar-refractivity contribution in [3.63, 3.8) is 0 Å². The molecule has 0 aliphatic heterocycles. The van der Waals surface area contributed by atoms with Gasteiger partial charge in [0, 0.05) is 33.3 Å². The van der Waals surface area contributed by atoms with Crippen LogP contribution in [-0.2, 0) is 27.1 Å². The summed E-state index contributed by atoms with van der Waals surface area (Å²) in [7, 11) is -0.148. The molecule has 0 atom stereocenters. The monoisotopic (exact) mass is 314 g/mol. The lowest BCUT2D eigenvalue weighted by Gasteiger charge is -2.16. The third kappa shape index (κ3) is 6.56. The molecule has 6 heteroatoms. The van der Waals surface area contributed by atoms with Gasteiger partial charge in [-0.25, -0.2) is 12.7 Å². The van der Waals surface area contributed by atoms with Crippen molar-refractivity contribution in [1.82, 2.24) is 9.62 Å². The topological polar surface area (TPSA) is 58.6 Å². The number of benzene rings is 1. The van der Waals surface area contributed by atoms with Crippen molar-refractivity contribution in [3.05, 3.63) is 35.4 Å². The maximum absolute atomic E-state index is 12.2. The molecule has 0 aliphatic rings. The number of sulfonamides is 1. The Labute approximate surface area is 128 Å². The molecular weight excluding hydrogens is 288 g/mol. The lowest BCUT2D eigenvalue weighted by molar-refractivity contribution is 0.185. The van der Waals surface area contributed by atoms with Crippen LogP contribution in [0.25, 0.3) is 0 Å². The smallest absolute Gasteiger partial charge is 0.218 e. The van der Waals surface area contributed by atoms with Crippen LogP contribution in [-0.4, -0.2) is 46.1 Å². The number of nitrogens with zero attached hydrogens (tertiary/aromatic N) is 1. The van der Waals surface area contributed by atoms with Gasteiger partial charge in [-0.15, -0.1) is 0 Å². The molecule has 120 valence electrons. The maximum Gasteiger partial charge on any atom is 0.218 e. The molecule has 0 aliphatic carbocycles. The summed E-state index contributed by atoms with van der Waals surface area (Å²) in [5, 5.41) is 3.33. The number of ether oxygens (including phenoxy) is 1. The van der Waals surface area contributed by atoms with Gasteiger partial charge in [-0.05, 0) is 11.1 Å². The van der Waals surface area contributed by atoms with E-state index in [0.717, 1.165) is 17.7 Å². The summed E-state index contributed by atoms with van der Waals surface area (Å²) in [4.78, 5) is 0. The molecule has 0 fully saturated rings. The zero-order chi connectivity index (χ0) is 15.9. The van der Waals surface area contributed by atoms with E-state index in [-0.39, 0.29) is 5.75 Å². The van der Waals surface area contributed by atoms with Crippen molar-refractivity contribution in [2.45, 2.75) is 32.2 Å². The van der Waals surface area contributed by atoms with E-state index >= 15 is 0 Å². The van der Waals surface area contributed by atoms with Crippen LogP contribution < -0.4 is 5.32 Å². The Balaban J connectivity index is 2.62. The molecule has 5 nitrogen and oxygen atoms in total. The predicted molar refractivity (Wildman–Crippen MR) is 85.5 cm³/mol. The zero-order valence-corrected chi connectivity index (χ0v) is 14.1. The van der Waals surface area contributed by atoms with Gasteiger partial charge in [-0.3, -0.25) is 0 Å². The van der Waals surface area contributed by atoms with Gasteiger partial charge in [0.05, 0.1) is 12.4 Å². The second-order valence-electron chi connectivity index (χ2n) is 5.42. The molecule has 0 saturated carbocycles. The normalized spacial score (nSPS) is 12.3. The minimum Gasteiger partial charge on any atom is -0.383 e. The van der Waals surface area contributed by atoms with Crippen molar-refractivity contribution >= 4 is 10.0 Å². The summed E-state index contributed by atoms with van der Waals surface area (Å²) >= 11 is 0. The quantitative estimate of drug-likeness (QED) is 0.752. The van der Waals surface area contributed by atoms with Gasteiger partial charge in [0.2, 0.25) is 10.0 Å². The number of hydrogen-bond donors (Lipinski definition) is 1. The van der Waals surface area contributed by atoms with Crippen LogP contribution in [0.5, 0.6) is 0 Å². The number of rotatable bonds is 9. The fraction of sp³-hybridized carbons (Fsp3) is 0.600. The molecular formula is C15H26N2O3S. The van der Waals surface area contributed by atoms with Gasteiger partial charge in [0.1, 0.15) is 0 Å². The van der Waals surface area contributed by atoms with E-state index in [0.29, 0.717) is 19.2 Å². The van der Waals surface area contributed by atoms with Gasteiger partial charge >= 0.3 is 0 Å². The third-order valence-corrected chi connectivity index (χ3v) is 5.00. The highest BCUT2D eigenvalue weighted by molar-refractivity contribution is 7.88. The Morgan fingerprint density at radius 1 is 1.19 bits per heavy atom. The first-order valence-corrected chi connectivity index (χ1v) is 8.70. The predicted octanol–water partition coefficient (Wildman–Crippen LogP) is 1.59. The summed E-state index contributed by atoms with van der Waals surface area (Å²) < 4.78 is 30.6. The average Bonchev–Trinajstić information content (AvgIpc) is 2.43. The lowest BCUT2D eigenvalue weighted by Crippen LogP contribution is -2.31. The minimum atomic E-state index is -3.29. The van der Waals surface area contributed by atoms with Crippen LogP contribution in [0.1, 0.15) is 25.0 Å². The van der Waals surface area contributed by atoms with E-state index in [1.54, 1.807) is 14.2 Å². The first kappa shape index (κ1) is 18.1. The molecule has 1 N–H and O–H groups in total. The van der Waals surface area contributed by atoms with Crippen LogP contribution in [0.3, 0.4) is 0 Å². The largest absolute Gasteiger partial charge is 0.383 e. The third-order valence-electron chi connectivity index (χ3n) is 3.17. The number of hydrogen-bond acceptors (Lipinski definition) is 4. The Bertz CT molecular complexity index is 512. The molecule has 0 spiro atoms. The molecule has 0 aromatic heterocycles. The van der Waals surface area contributed by atoms with E-state index in [1.807, 2.05) is 24.3 Å². The van der Waals surface area contributed by atoms with Crippen LogP contribution in [0, 0.1) is 0 Å². The molecule has 21 heavy (non-hydrogen) atoms. The average molecular weight is 314 g/mol. The van der Waals surface area contributed by atoms with E-state index in [4.69, 9.17) is 4.74 Å². The number of likely N-dealkylation sites (N-methyl/N-ethyl adjacent to an activating group) is 1. The molecule has 1 aromatic carbocycles. The molecule has 0 amide bonds. The SMILES string of the molecule is COCCN(C)S(=O)(=O)Cc1ccc(CNC(C)C)cc1. The summed E-state index contributed by atoms with van der Waals surface area (Å²) in [6.45, 7) is 5.75. The van der Waals surface area contributed by atoms with Gasteiger partial charge in [-0.2, -0.15) is 0 Å².